The fraction of sp³-hybridized carbons (Fsp3) is 0.0435. The number of benzene rings is 3. The van der Waals surface area contributed by atoms with E-state index in [9.17, 15) is 4.79 Å². The first kappa shape index (κ1) is 19.3. The number of tetrazole rings is 1. The van der Waals surface area contributed by atoms with E-state index in [1.54, 1.807) is 29.1 Å². The van der Waals surface area contributed by atoms with Gasteiger partial charge in [-0.3, -0.25) is 10.2 Å². The summed E-state index contributed by atoms with van der Waals surface area (Å²) >= 11 is 0. The molecular weight excluding hydrogens is 404 g/mol. The number of nitrogens with two attached hydrogens (primary N) is 1. The molecule has 156 valence electrons. The van der Waals surface area contributed by atoms with Gasteiger partial charge in [0, 0.05) is 16.7 Å². The summed E-state index contributed by atoms with van der Waals surface area (Å²) in [6.07, 6.45) is 3.01. The number of nitrogen functional groups attached to an aromatic ring is 1. The predicted octanol–water partition coefficient (Wildman–Crippen LogP) is 2.85. The first-order valence-electron chi connectivity index (χ1n) is 9.85. The van der Waals surface area contributed by atoms with Crippen LogP contribution in [-0.2, 0) is 6.54 Å². The number of Topliss-reactive ketones (excluding diaryl/α,β-unsaturated/α-hetero) is 1. The number of rotatable bonds is 6. The number of nitrogens with one attached hydrogen (secondary N) is 1. The highest BCUT2D eigenvalue weighted by Gasteiger charge is 2.13. The van der Waals surface area contributed by atoms with Gasteiger partial charge in [0.1, 0.15) is 5.84 Å². The molecule has 0 atom stereocenters. The number of fused-ring (bicyclic) bond motifs is 1. The maximum Gasteiger partial charge on any atom is 0.182 e. The molecule has 0 saturated heterocycles. The van der Waals surface area contributed by atoms with E-state index < -0.39 is 0 Å². The van der Waals surface area contributed by atoms with Gasteiger partial charge in [0.15, 0.2) is 12.1 Å². The highest BCUT2D eigenvalue weighted by molar-refractivity contribution is 5.99. The summed E-state index contributed by atoms with van der Waals surface area (Å²) in [5, 5.41) is 19.5. The number of nitrogens with zero attached hydrogens (tertiary/aromatic N) is 6. The summed E-state index contributed by atoms with van der Waals surface area (Å²) in [7, 11) is 0. The first-order valence-corrected chi connectivity index (χ1v) is 9.85. The SMILES string of the molecule is N=C(N)c1ccc2ncn(CC(=O)c3ccc(-c4ccccc4-n4ncnn4)cc3)c2c1. The van der Waals surface area contributed by atoms with Crippen molar-refractivity contribution in [2.75, 3.05) is 0 Å². The molecule has 0 aliphatic carbocycles. The van der Waals surface area contributed by atoms with Gasteiger partial charge in [-0.15, -0.1) is 15.0 Å². The van der Waals surface area contributed by atoms with Gasteiger partial charge in [0.25, 0.3) is 0 Å². The minimum atomic E-state index is -0.0460. The van der Waals surface area contributed by atoms with E-state index in [0.717, 1.165) is 27.8 Å². The Morgan fingerprint density at radius 3 is 2.53 bits per heavy atom. The van der Waals surface area contributed by atoms with Crippen LogP contribution in [0.25, 0.3) is 27.8 Å². The molecule has 2 aromatic heterocycles. The molecule has 0 spiro atoms. The Bertz CT molecular complexity index is 1430. The lowest BCUT2D eigenvalue weighted by Gasteiger charge is -2.09. The maximum atomic E-state index is 12.9. The summed E-state index contributed by atoms with van der Waals surface area (Å²) in [5.41, 5.74) is 11.0. The molecule has 3 aromatic carbocycles. The molecule has 5 aromatic rings. The quantitative estimate of drug-likeness (QED) is 0.246. The lowest BCUT2D eigenvalue weighted by atomic mass is 10.0. The van der Waals surface area contributed by atoms with Crippen molar-refractivity contribution in [1.29, 1.82) is 5.41 Å². The smallest absolute Gasteiger partial charge is 0.182 e. The molecule has 0 unspecified atom stereocenters. The van der Waals surface area contributed by atoms with Crippen LogP contribution in [0, 0.1) is 5.41 Å². The Morgan fingerprint density at radius 2 is 1.78 bits per heavy atom. The van der Waals surface area contributed by atoms with Crippen LogP contribution in [0.2, 0.25) is 0 Å². The van der Waals surface area contributed by atoms with Crippen molar-refractivity contribution in [2.45, 2.75) is 6.54 Å². The van der Waals surface area contributed by atoms with Crippen LogP contribution in [0.4, 0.5) is 0 Å². The zero-order valence-electron chi connectivity index (χ0n) is 16.9. The van der Waals surface area contributed by atoms with Crippen molar-refractivity contribution in [1.82, 2.24) is 29.8 Å². The number of hydrogen-bond donors (Lipinski definition) is 2. The van der Waals surface area contributed by atoms with Gasteiger partial charge < -0.3 is 10.3 Å². The van der Waals surface area contributed by atoms with Crippen LogP contribution in [0.5, 0.6) is 0 Å². The van der Waals surface area contributed by atoms with Crippen molar-refractivity contribution < 1.29 is 4.79 Å². The molecule has 2 heterocycles. The molecule has 0 aliphatic heterocycles. The fourth-order valence-corrected chi connectivity index (χ4v) is 3.60. The predicted molar refractivity (Wildman–Crippen MR) is 120 cm³/mol. The standard InChI is InChI=1S/C23H18N8O/c24-23(25)17-9-10-19-21(11-17)30(14-26-19)12-22(32)16-7-5-15(6-8-16)18-3-1-2-4-20(18)31-28-13-27-29-31/h1-11,13-14H,12H2,(H3,24,25). The molecule has 0 saturated carbocycles. The van der Waals surface area contributed by atoms with Gasteiger partial charge in [0.05, 0.1) is 29.6 Å². The van der Waals surface area contributed by atoms with Crippen molar-refractivity contribution >= 4 is 22.7 Å². The van der Waals surface area contributed by atoms with E-state index in [0.29, 0.717) is 11.1 Å². The Morgan fingerprint density at radius 1 is 1.00 bits per heavy atom. The highest BCUT2D eigenvalue weighted by atomic mass is 16.1. The van der Waals surface area contributed by atoms with Crippen LogP contribution in [0.3, 0.4) is 0 Å². The van der Waals surface area contributed by atoms with E-state index >= 15 is 0 Å². The number of ketones is 1. The van der Waals surface area contributed by atoms with Gasteiger partial charge in [-0.2, -0.15) is 0 Å². The Balaban J connectivity index is 1.41. The zero-order chi connectivity index (χ0) is 22.1. The van der Waals surface area contributed by atoms with Crippen LogP contribution in [-0.4, -0.2) is 41.4 Å². The van der Waals surface area contributed by atoms with E-state index in [1.165, 1.54) is 11.1 Å². The van der Waals surface area contributed by atoms with Gasteiger partial charge in [-0.1, -0.05) is 42.5 Å². The summed E-state index contributed by atoms with van der Waals surface area (Å²) in [4.78, 5) is 18.7. The molecular formula is C23H18N8O. The molecule has 0 bridgehead atoms. The minimum Gasteiger partial charge on any atom is -0.384 e. The monoisotopic (exact) mass is 422 g/mol. The summed E-state index contributed by atoms with van der Waals surface area (Å²) in [6, 6.07) is 20.5. The number of carbonyl (C=O) groups excluding carboxylic acids is 1. The number of imidazole rings is 1. The Labute approximate surface area is 182 Å². The molecule has 3 N–H and O–H groups in total. The second-order valence-corrected chi connectivity index (χ2v) is 7.23. The highest BCUT2D eigenvalue weighted by Crippen LogP contribution is 2.26. The maximum absolute atomic E-state index is 12.9. The van der Waals surface area contributed by atoms with Crippen LogP contribution < -0.4 is 5.73 Å². The molecule has 0 radical (unpaired) electrons. The number of aromatic nitrogens is 6. The van der Waals surface area contributed by atoms with Crippen LogP contribution in [0.1, 0.15) is 15.9 Å². The third-order valence-electron chi connectivity index (χ3n) is 5.23. The van der Waals surface area contributed by atoms with Crippen molar-refractivity contribution in [3.63, 3.8) is 0 Å². The molecule has 0 fully saturated rings. The first-order chi connectivity index (χ1) is 15.6. The Kier molecular flexibility index (Phi) is 4.75. The number of hydrogen-bond acceptors (Lipinski definition) is 6. The van der Waals surface area contributed by atoms with Gasteiger partial charge in [-0.05, 0) is 35.0 Å². The fourth-order valence-electron chi connectivity index (χ4n) is 3.60. The van der Waals surface area contributed by atoms with E-state index in [4.69, 9.17) is 11.1 Å². The normalized spacial score (nSPS) is 11.0. The van der Waals surface area contributed by atoms with Gasteiger partial charge >= 0.3 is 0 Å². The number of para-hydroxylation sites is 1. The van der Waals surface area contributed by atoms with Crippen LogP contribution in [0.15, 0.2) is 79.4 Å². The summed E-state index contributed by atoms with van der Waals surface area (Å²) in [6.45, 7) is 0.136. The van der Waals surface area contributed by atoms with Gasteiger partial charge in [-0.25, -0.2) is 4.98 Å². The molecule has 32 heavy (non-hydrogen) atoms. The minimum absolute atomic E-state index is 0.0251. The number of amidine groups is 1. The van der Waals surface area contributed by atoms with Crippen molar-refractivity contribution in [3.05, 3.63) is 90.5 Å². The molecule has 0 amide bonds. The van der Waals surface area contributed by atoms with Crippen molar-refractivity contribution in [3.8, 4) is 16.8 Å². The third kappa shape index (κ3) is 3.52. The summed E-state index contributed by atoms with van der Waals surface area (Å²) < 4.78 is 1.77. The second kappa shape index (κ2) is 7.88. The van der Waals surface area contributed by atoms with Gasteiger partial charge in [0.2, 0.25) is 0 Å². The Hall–Kier alpha value is -4.66. The topological polar surface area (TPSA) is 128 Å². The second-order valence-electron chi connectivity index (χ2n) is 7.23. The lowest BCUT2D eigenvalue weighted by molar-refractivity contribution is 0.0973. The van der Waals surface area contributed by atoms with Crippen LogP contribution >= 0.6 is 0 Å². The molecule has 0 aliphatic rings. The average molecular weight is 422 g/mol. The van der Waals surface area contributed by atoms with E-state index in [1.807, 2.05) is 48.5 Å². The molecule has 9 nitrogen and oxygen atoms in total. The average Bonchev–Trinajstić information content (AvgIpc) is 3.49. The third-order valence-corrected chi connectivity index (χ3v) is 5.23. The summed E-state index contributed by atoms with van der Waals surface area (Å²) in [5.74, 6) is -0.0711. The van der Waals surface area contributed by atoms with E-state index in [2.05, 4.69) is 20.4 Å². The molecule has 5 rings (SSSR count). The lowest BCUT2D eigenvalue weighted by Crippen LogP contribution is -2.12. The van der Waals surface area contributed by atoms with E-state index in [-0.39, 0.29) is 18.2 Å². The zero-order valence-corrected chi connectivity index (χ0v) is 16.9. The van der Waals surface area contributed by atoms with Crippen molar-refractivity contribution in [2.24, 2.45) is 5.73 Å². The molecule has 9 heteroatoms. The number of carbonyl (C=O) groups is 1. The largest absolute Gasteiger partial charge is 0.384 e.